The van der Waals surface area contributed by atoms with Crippen LogP contribution in [0.2, 0.25) is 0 Å². The summed E-state index contributed by atoms with van der Waals surface area (Å²) < 4.78 is 1.67. The molecule has 1 unspecified atom stereocenters. The topological polar surface area (TPSA) is 84.2 Å². The van der Waals surface area contributed by atoms with Crippen molar-refractivity contribution in [2.75, 3.05) is 20.1 Å². The Kier molecular flexibility index (Phi) is 7.35. The second-order valence-electron chi connectivity index (χ2n) is 8.97. The molecule has 8 heteroatoms. The average Bonchev–Trinajstić information content (AvgIpc) is 3.19. The van der Waals surface area contributed by atoms with Gasteiger partial charge in [-0.15, -0.1) is 0 Å². The Morgan fingerprint density at radius 1 is 1.06 bits per heavy atom. The molecule has 4 rings (SSSR count). The maximum absolute atomic E-state index is 13.2. The highest BCUT2D eigenvalue weighted by Crippen LogP contribution is 2.27. The van der Waals surface area contributed by atoms with E-state index in [4.69, 9.17) is 0 Å². The van der Waals surface area contributed by atoms with Crippen molar-refractivity contribution < 1.29 is 9.59 Å². The number of hydrogen-bond donors (Lipinski definition) is 0. The van der Waals surface area contributed by atoms with Gasteiger partial charge in [-0.05, 0) is 56.7 Å². The number of hydrogen-bond acceptors (Lipinski definition) is 5. The highest BCUT2D eigenvalue weighted by atomic mass is 16.2. The van der Waals surface area contributed by atoms with Crippen LogP contribution >= 0.6 is 0 Å². The molecule has 3 heterocycles. The van der Waals surface area contributed by atoms with Crippen LogP contribution in [0.1, 0.15) is 40.5 Å². The van der Waals surface area contributed by atoms with Gasteiger partial charge in [-0.2, -0.15) is 5.10 Å². The second kappa shape index (κ2) is 10.6. The van der Waals surface area contributed by atoms with Crippen molar-refractivity contribution >= 4 is 11.8 Å². The van der Waals surface area contributed by atoms with E-state index in [-0.39, 0.29) is 30.3 Å². The molecule has 2 aromatic heterocycles. The van der Waals surface area contributed by atoms with E-state index in [0.29, 0.717) is 24.6 Å². The highest BCUT2D eigenvalue weighted by molar-refractivity contribution is 5.92. The summed E-state index contributed by atoms with van der Waals surface area (Å²) in [5.41, 5.74) is 1.65. The summed E-state index contributed by atoms with van der Waals surface area (Å²) in [5.74, 6) is 1.70. The number of likely N-dealkylation sites (N-methyl/N-ethyl adjacent to an activating group) is 1. The minimum atomic E-state index is -0.0722. The Hall–Kier alpha value is -3.55. The maximum atomic E-state index is 13.2. The minimum Gasteiger partial charge on any atom is -0.341 e. The van der Waals surface area contributed by atoms with Crippen molar-refractivity contribution in [2.24, 2.45) is 5.92 Å². The highest BCUT2D eigenvalue weighted by Gasteiger charge is 2.33. The van der Waals surface area contributed by atoms with E-state index in [0.717, 1.165) is 25.1 Å². The normalized spacial score (nSPS) is 15.2. The summed E-state index contributed by atoms with van der Waals surface area (Å²) in [5, 5.41) is 4.31. The van der Waals surface area contributed by atoms with Gasteiger partial charge in [-0.1, -0.05) is 36.4 Å². The fraction of sp³-hybridized carbons (Fsp3) is 0.423. The first-order valence-electron chi connectivity index (χ1n) is 11.8. The maximum Gasteiger partial charge on any atom is 0.272 e. The molecule has 3 aromatic rings. The number of piperidine rings is 1. The average molecular weight is 461 g/mol. The zero-order valence-corrected chi connectivity index (χ0v) is 20.1. The van der Waals surface area contributed by atoms with Gasteiger partial charge in [0.05, 0.1) is 0 Å². The van der Waals surface area contributed by atoms with Gasteiger partial charge >= 0.3 is 0 Å². The van der Waals surface area contributed by atoms with E-state index in [9.17, 15) is 9.59 Å². The van der Waals surface area contributed by atoms with E-state index in [1.54, 1.807) is 16.9 Å². The molecule has 0 N–H and O–H groups in total. The molecule has 8 nitrogen and oxygen atoms in total. The Balaban J connectivity index is 1.45. The van der Waals surface area contributed by atoms with Crippen molar-refractivity contribution in [3.63, 3.8) is 0 Å². The van der Waals surface area contributed by atoms with Crippen molar-refractivity contribution in [3.05, 3.63) is 77.6 Å². The van der Waals surface area contributed by atoms with Gasteiger partial charge in [0.25, 0.3) is 5.91 Å². The fourth-order valence-electron chi connectivity index (χ4n) is 4.77. The number of aromatic nitrogens is 4. The zero-order valence-electron chi connectivity index (χ0n) is 20.1. The van der Waals surface area contributed by atoms with Gasteiger partial charge in [0.15, 0.2) is 0 Å². The summed E-state index contributed by atoms with van der Waals surface area (Å²) in [6.07, 6.45) is 4.11. The van der Waals surface area contributed by atoms with E-state index in [2.05, 4.69) is 27.2 Å². The molecule has 0 bridgehead atoms. The third-order valence-corrected chi connectivity index (χ3v) is 6.67. The molecule has 0 radical (unpaired) electrons. The summed E-state index contributed by atoms with van der Waals surface area (Å²) in [7, 11) is 1.87. The van der Waals surface area contributed by atoms with E-state index >= 15 is 0 Å². The van der Waals surface area contributed by atoms with Gasteiger partial charge in [-0.3, -0.25) is 14.6 Å². The number of aryl methyl sites for hydroxylation is 2. The Labute approximate surface area is 200 Å². The quantitative estimate of drug-likeness (QED) is 0.541. The zero-order chi connectivity index (χ0) is 24.1. The molecule has 0 aliphatic carbocycles. The van der Waals surface area contributed by atoms with Crippen LogP contribution in [0.3, 0.4) is 0 Å². The Bertz CT molecular complexity index is 1110. The number of carbonyl (C=O) groups is 2. The minimum absolute atomic E-state index is 0.0226. The number of amides is 2. The van der Waals surface area contributed by atoms with Crippen LogP contribution in [0, 0.1) is 19.8 Å². The van der Waals surface area contributed by atoms with Crippen LogP contribution in [0.4, 0.5) is 0 Å². The fourth-order valence-corrected chi connectivity index (χ4v) is 4.77. The lowest BCUT2D eigenvalue weighted by molar-refractivity contribution is -0.133. The molecule has 1 fully saturated rings. The van der Waals surface area contributed by atoms with Gasteiger partial charge in [0.2, 0.25) is 5.91 Å². The number of carbonyl (C=O) groups excluding carboxylic acids is 2. The number of likely N-dealkylation sites (tertiary alicyclic amines) is 1. The van der Waals surface area contributed by atoms with E-state index < -0.39 is 0 Å². The standard InChI is InChI=1S/C26H32N6O2/c1-19-28-20(2)32(29-19)18-25(33)31-15-12-22(13-16-31)24(17-21-9-5-4-6-10-21)30(3)26(34)23-11-7-8-14-27-23/h4-11,14,22,24H,12-13,15-18H2,1-3H3. The molecule has 1 aliphatic rings. The lowest BCUT2D eigenvalue weighted by atomic mass is 9.84. The Morgan fingerprint density at radius 3 is 2.38 bits per heavy atom. The SMILES string of the molecule is Cc1nc(C)n(CC(=O)N2CCC(C(Cc3ccccc3)N(C)C(=O)c3ccccn3)CC2)n1. The summed E-state index contributed by atoms with van der Waals surface area (Å²) >= 11 is 0. The molecule has 2 amide bonds. The van der Waals surface area contributed by atoms with Crippen LogP contribution in [-0.4, -0.2) is 67.5 Å². The van der Waals surface area contributed by atoms with Gasteiger partial charge in [0, 0.05) is 32.4 Å². The van der Waals surface area contributed by atoms with Crippen LogP contribution in [0.15, 0.2) is 54.7 Å². The lowest BCUT2D eigenvalue weighted by Gasteiger charge is -2.40. The third kappa shape index (κ3) is 5.50. The molecule has 34 heavy (non-hydrogen) atoms. The van der Waals surface area contributed by atoms with Crippen LogP contribution < -0.4 is 0 Å². The van der Waals surface area contributed by atoms with Gasteiger partial charge < -0.3 is 9.80 Å². The molecule has 0 saturated carbocycles. The first-order chi connectivity index (χ1) is 16.4. The first kappa shape index (κ1) is 23.6. The third-order valence-electron chi connectivity index (χ3n) is 6.67. The van der Waals surface area contributed by atoms with E-state index in [1.165, 1.54) is 5.56 Å². The lowest BCUT2D eigenvalue weighted by Crippen LogP contribution is -2.49. The molecule has 1 saturated heterocycles. The van der Waals surface area contributed by atoms with Crippen molar-refractivity contribution in [1.82, 2.24) is 29.5 Å². The summed E-state index contributed by atoms with van der Waals surface area (Å²) in [6.45, 7) is 5.25. The largest absolute Gasteiger partial charge is 0.341 e. The van der Waals surface area contributed by atoms with Crippen LogP contribution in [0.25, 0.3) is 0 Å². The van der Waals surface area contributed by atoms with Crippen molar-refractivity contribution in [3.8, 4) is 0 Å². The van der Waals surface area contributed by atoms with Gasteiger partial charge in [0.1, 0.15) is 23.9 Å². The van der Waals surface area contributed by atoms with Crippen molar-refractivity contribution in [1.29, 1.82) is 0 Å². The number of benzene rings is 1. The van der Waals surface area contributed by atoms with Crippen LogP contribution in [-0.2, 0) is 17.8 Å². The number of nitrogens with zero attached hydrogens (tertiary/aromatic N) is 6. The summed E-state index contributed by atoms with van der Waals surface area (Å²) in [6, 6.07) is 15.7. The monoisotopic (exact) mass is 460 g/mol. The molecule has 1 atom stereocenters. The van der Waals surface area contributed by atoms with Crippen molar-refractivity contribution in [2.45, 2.75) is 45.7 Å². The predicted molar refractivity (Wildman–Crippen MR) is 129 cm³/mol. The second-order valence-corrected chi connectivity index (χ2v) is 8.97. The number of rotatable bonds is 7. The van der Waals surface area contributed by atoms with E-state index in [1.807, 2.05) is 61.0 Å². The van der Waals surface area contributed by atoms with Gasteiger partial charge in [-0.25, -0.2) is 9.67 Å². The summed E-state index contributed by atoms with van der Waals surface area (Å²) in [4.78, 5) is 38.4. The Morgan fingerprint density at radius 2 is 1.76 bits per heavy atom. The molecular formula is C26H32N6O2. The molecular weight excluding hydrogens is 428 g/mol. The first-order valence-corrected chi connectivity index (χ1v) is 11.8. The molecule has 178 valence electrons. The predicted octanol–water partition coefficient (Wildman–Crippen LogP) is 2.91. The van der Waals surface area contributed by atoms with Crippen LogP contribution in [0.5, 0.6) is 0 Å². The smallest absolute Gasteiger partial charge is 0.272 e. The molecule has 1 aliphatic heterocycles. The number of pyridine rings is 1. The molecule has 1 aromatic carbocycles. The molecule has 0 spiro atoms.